The van der Waals surface area contributed by atoms with E-state index in [2.05, 4.69) is 72.1 Å². The summed E-state index contributed by atoms with van der Waals surface area (Å²) >= 11 is 1.82. The van der Waals surface area contributed by atoms with Gasteiger partial charge in [0.1, 0.15) is 0 Å². The highest BCUT2D eigenvalue weighted by molar-refractivity contribution is 7.15. The molecule has 19 heavy (non-hydrogen) atoms. The third kappa shape index (κ3) is 1.74. The van der Waals surface area contributed by atoms with Crippen molar-refractivity contribution in [3.8, 4) is 10.4 Å². The zero-order chi connectivity index (χ0) is 12.7. The van der Waals surface area contributed by atoms with Crippen LogP contribution in [0.3, 0.4) is 0 Å². The van der Waals surface area contributed by atoms with Crippen molar-refractivity contribution in [1.82, 2.24) is 0 Å². The summed E-state index contributed by atoms with van der Waals surface area (Å²) in [5, 5.41) is 7.52. The third-order valence-corrected chi connectivity index (χ3v) is 4.58. The Kier molecular flexibility index (Phi) is 2.39. The smallest absolute Gasteiger partial charge is 0.0421 e. The Balaban J connectivity index is 1.99. The maximum Gasteiger partial charge on any atom is 0.0421 e. The van der Waals surface area contributed by atoms with Crippen LogP contribution in [-0.2, 0) is 0 Å². The van der Waals surface area contributed by atoms with E-state index < -0.39 is 0 Å². The average molecular weight is 260 g/mol. The molecular weight excluding hydrogens is 248 g/mol. The molecule has 0 aliphatic rings. The number of fused-ring (bicyclic) bond motifs is 2. The first-order valence-electron chi connectivity index (χ1n) is 6.37. The molecule has 1 heterocycles. The number of thiophene rings is 1. The van der Waals surface area contributed by atoms with Crippen molar-refractivity contribution in [2.45, 2.75) is 0 Å². The number of hydrogen-bond acceptors (Lipinski definition) is 1. The van der Waals surface area contributed by atoms with Crippen LogP contribution in [0.4, 0.5) is 0 Å². The molecule has 0 unspecified atom stereocenters. The van der Waals surface area contributed by atoms with Gasteiger partial charge in [-0.3, -0.25) is 0 Å². The van der Waals surface area contributed by atoms with E-state index in [0.29, 0.717) is 0 Å². The molecule has 0 atom stereocenters. The van der Waals surface area contributed by atoms with Crippen molar-refractivity contribution >= 4 is 32.9 Å². The summed E-state index contributed by atoms with van der Waals surface area (Å²) in [6.07, 6.45) is 0. The number of hydrogen-bond donors (Lipinski definition) is 0. The average Bonchev–Trinajstić information content (AvgIpc) is 2.91. The minimum absolute atomic E-state index is 1.30. The van der Waals surface area contributed by atoms with Crippen molar-refractivity contribution in [3.05, 3.63) is 72.1 Å². The standard InChI is InChI=1S/C18H12S/c1-2-6-14-11-15(10-9-13(14)5-1)18-17-8-4-3-7-16(17)12-19-18/h1-12H. The Hall–Kier alpha value is -2.12. The van der Waals surface area contributed by atoms with Crippen LogP contribution in [0.25, 0.3) is 32.0 Å². The van der Waals surface area contributed by atoms with Gasteiger partial charge in [-0.15, -0.1) is 11.3 Å². The molecule has 1 aromatic heterocycles. The Morgan fingerprint density at radius 1 is 0.632 bits per heavy atom. The second-order valence-electron chi connectivity index (χ2n) is 4.71. The summed E-state index contributed by atoms with van der Waals surface area (Å²) in [6.45, 7) is 0. The van der Waals surface area contributed by atoms with Crippen LogP contribution in [0.15, 0.2) is 72.1 Å². The zero-order valence-electron chi connectivity index (χ0n) is 10.3. The number of rotatable bonds is 1. The molecule has 0 aliphatic carbocycles. The first kappa shape index (κ1) is 10.8. The topological polar surface area (TPSA) is 0 Å². The molecule has 0 aliphatic heterocycles. The normalized spacial score (nSPS) is 11.2. The first-order chi connectivity index (χ1) is 9.42. The summed E-state index contributed by atoms with van der Waals surface area (Å²) in [5.41, 5.74) is 1.31. The van der Waals surface area contributed by atoms with Crippen LogP contribution >= 0.6 is 11.3 Å². The SMILES string of the molecule is c1ccc2cc(-c3scc4ccccc34)ccc2c1. The van der Waals surface area contributed by atoms with Gasteiger partial charge in [0.15, 0.2) is 0 Å². The minimum Gasteiger partial charge on any atom is -0.143 e. The minimum atomic E-state index is 1.30. The van der Waals surface area contributed by atoms with Gasteiger partial charge in [-0.1, -0.05) is 60.7 Å². The molecule has 0 radical (unpaired) electrons. The van der Waals surface area contributed by atoms with E-state index >= 15 is 0 Å². The lowest BCUT2D eigenvalue weighted by Crippen LogP contribution is -1.76. The summed E-state index contributed by atoms with van der Waals surface area (Å²) in [4.78, 5) is 1.36. The van der Waals surface area contributed by atoms with E-state index in [1.54, 1.807) is 0 Å². The molecule has 0 spiro atoms. The Morgan fingerprint density at radius 3 is 2.26 bits per heavy atom. The summed E-state index contributed by atoms with van der Waals surface area (Å²) in [7, 11) is 0. The van der Waals surface area contributed by atoms with Gasteiger partial charge in [0, 0.05) is 10.3 Å². The quantitative estimate of drug-likeness (QED) is 0.410. The third-order valence-electron chi connectivity index (χ3n) is 3.52. The van der Waals surface area contributed by atoms with Gasteiger partial charge >= 0.3 is 0 Å². The van der Waals surface area contributed by atoms with Crippen LogP contribution in [0.2, 0.25) is 0 Å². The lowest BCUT2D eigenvalue weighted by molar-refractivity contribution is 1.74. The fourth-order valence-electron chi connectivity index (χ4n) is 2.55. The maximum absolute atomic E-state index is 2.29. The van der Waals surface area contributed by atoms with E-state index in [4.69, 9.17) is 0 Å². The summed E-state index contributed by atoms with van der Waals surface area (Å²) < 4.78 is 0. The highest BCUT2D eigenvalue weighted by Gasteiger charge is 2.06. The van der Waals surface area contributed by atoms with Gasteiger partial charge in [0.25, 0.3) is 0 Å². The predicted molar refractivity (Wildman–Crippen MR) is 84.8 cm³/mol. The molecule has 0 saturated carbocycles. The van der Waals surface area contributed by atoms with Crippen LogP contribution in [0, 0.1) is 0 Å². The molecule has 1 heteroatoms. The van der Waals surface area contributed by atoms with Crippen molar-refractivity contribution in [1.29, 1.82) is 0 Å². The molecule has 0 N–H and O–H groups in total. The molecule has 90 valence electrons. The Morgan fingerprint density at radius 2 is 1.37 bits per heavy atom. The van der Waals surface area contributed by atoms with E-state index in [-0.39, 0.29) is 0 Å². The summed E-state index contributed by atoms with van der Waals surface area (Å²) in [6, 6.07) is 23.8. The van der Waals surface area contributed by atoms with Gasteiger partial charge in [-0.05, 0) is 33.2 Å². The highest BCUT2D eigenvalue weighted by Crippen LogP contribution is 2.35. The van der Waals surface area contributed by atoms with Crippen LogP contribution < -0.4 is 0 Å². The fourth-order valence-corrected chi connectivity index (χ4v) is 3.57. The lowest BCUT2D eigenvalue weighted by atomic mass is 10.0. The van der Waals surface area contributed by atoms with Crippen LogP contribution in [0.5, 0.6) is 0 Å². The highest BCUT2D eigenvalue weighted by atomic mass is 32.1. The van der Waals surface area contributed by atoms with Gasteiger partial charge in [0.2, 0.25) is 0 Å². The van der Waals surface area contributed by atoms with E-state index in [0.717, 1.165) is 0 Å². The fraction of sp³-hybridized carbons (Fsp3) is 0. The summed E-state index contributed by atoms with van der Waals surface area (Å²) in [5.74, 6) is 0. The lowest BCUT2D eigenvalue weighted by Gasteiger charge is -2.02. The molecule has 4 aromatic rings. The van der Waals surface area contributed by atoms with Crippen LogP contribution in [-0.4, -0.2) is 0 Å². The largest absolute Gasteiger partial charge is 0.143 e. The molecular formula is C18H12S. The van der Waals surface area contributed by atoms with Gasteiger partial charge < -0.3 is 0 Å². The van der Waals surface area contributed by atoms with E-state index in [9.17, 15) is 0 Å². The number of benzene rings is 3. The second-order valence-corrected chi connectivity index (χ2v) is 5.59. The van der Waals surface area contributed by atoms with Gasteiger partial charge in [-0.25, -0.2) is 0 Å². The van der Waals surface area contributed by atoms with Crippen LogP contribution in [0.1, 0.15) is 0 Å². The van der Waals surface area contributed by atoms with Gasteiger partial charge in [-0.2, -0.15) is 0 Å². The molecule has 0 bridgehead atoms. The molecule has 0 fully saturated rings. The Labute approximate surface area is 115 Å². The zero-order valence-corrected chi connectivity index (χ0v) is 11.2. The van der Waals surface area contributed by atoms with Crippen molar-refractivity contribution < 1.29 is 0 Å². The van der Waals surface area contributed by atoms with E-state index in [1.807, 2.05) is 11.3 Å². The first-order valence-corrected chi connectivity index (χ1v) is 7.25. The molecule has 4 rings (SSSR count). The van der Waals surface area contributed by atoms with Crippen molar-refractivity contribution in [2.24, 2.45) is 0 Å². The molecule has 3 aromatic carbocycles. The van der Waals surface area contributed by atoms with Crippen molar-refractivity contribution in [3.63, 3.8) is 0 Å². The van der Waals surface area contributed by atoms with E-state index in [1.165, 1.54) is 32.0 Å². The molecule has 0 amide bonds. The molecule has 0 saturated heterocycles. The molecule has 0 nitrogen and oxygen atoms in total. The van der Waals surface area contributed by atoms with Gasteiger partial charge in [0.05, 0.1) is 0 Å². The second kappa shape index (κ2) is 4.22. The Bertz CT molecular complexity index is 871. The maximum atomic E-state index is 2.29. The monoisotopic (exact) mass is 260 g/mol. The van der Waals surface area contributed by atoms with Crippen molar-refractivity contribution in [2.75, 3.05) is 0 Å². The predicted octanol–water partition coefficient (Wildman–Crippen LogP) is 5.72.